The number of amides is 1. The van der Waals surface area contributed by atoms with E-state index in [4.69, 9.17) is 9.15 Å². The molecule has 1 aromatic carbocycles. The molecular weight excluding hydrogens is 359 g/mol. The van der Waals surface area contributed by atoms with Crippen LogP contribution in [-0.2, 0) is 16.1 Å². The van der Waals surface area contributed by atoms with Gasteiger partial charge in [0.25, 0.3) is 0 Å². The zero-order valence-corrected chi connectivity index (χ0v) is 14.8. The third-order valence-electron chi connectivity index (χ3n) is 3.46. The van der Waals surface area contributed by atoms with Gasteiger partial charge in [0.15, 0.2) is 10.9 Å². The Hall–Kier alpha value is -2.65. The summed E-state index contributed by atoms with van der Waals surface area (Å²) in [6, 6.07) is 9.57. The van der Waals surface area contributed by atoms with Crippen LogP contribution in [0.4, 0.5) is 10.1 Å². The largest absolute Gasteiger partial charge is 0.461 e. The lowest BCUT2D eigenvalue weighted by atomic mass is 10.3. The van der Waals surface area contributed by atoms with Crippen LogP contribution in [-0.4, -0.2) is 40.1 Å². The van der Waals surface area contributed by atoms with Gasteiger partial charge in [0.1, 0.15) is 5.82 Å². The summed E-state index contributed by atoms with van der Waals surface area (Å²) in [6.07, 6.45) is 1.55. The highest BCUT2D eigenvalue weighted by Crippen LogP contribution is 2.24. The minimum Gasteiger partial charge on any atom is -0.461 e. The molecule has 0 fully saturated rings. The first kappa shape index (κ1) is 18.2. The summed E-state index contributed by atoms with van der Waals surface area (Å²) >= 11 is 1.21. The molecule has 0 aliphatic rings. The van der Waals surface area contributed by atoms with Crippen molar-refractivity contribution in [2.45, 2.75) is 11.7 Å². The average molecular weight is 376 g/mol. The van der Waals surface area contributed by atoms with E-state index in [0.29, 0.717) is 29.9 Å². The van der Waals surface area contributed by atoms with Crippen molar-refractivity contribution in [2.24, 2.45) is 0 Å². The zero-order chi connectivity index (χ0) is 18.4. The summed E-state index contributed by atoms with van der Waals surface area (Å²) in [5.41, 5.74) is 0.148. The molecule has 7 nitrogen and oxygen atoms in total. The Morgan fingerprint density at radius 1 is 1.31 bits per heavy atom. The first-order valence-corrected chi connectivity index (χ1v) is 8.81. The second-order valence-corrected chi connectivity index (χ2v) is 6.19. The summed E-state index contributed by atoms with van der Waals surface area (Å²) in [5.74, 6) is 0.396. The van der Waals surface area contributed by atoms with Gasteiger partial charge < -0.3 is 14.5 Å². The number of ether oxygens (including phenoxy) is 1. The number of hydrogen-bond donors (Lipinski definition) is 1. The van der Waals surface area contributed by atoms with E-state index in [1.165, 1.54) is 23.9 Å². The minimum absolute atomic E-state index is 0.0671. The van der Waals surface area contributed by atoms with E-state index in [0.717, 1.165) is 0 Å². The van der Waals surface area contributed by atoms with Crippen LogP contribution >= 0.6 is 11.8 Å². The number of benzene rings is 1. The van der Waals surface area contributed by atoms with Crippen molar-refractivity contribution in [3.8, 4) is 11.6 Å². The topological polar surface area (TPSA) is 82.2 Å². The monoisotopic (exact) mass is 376 g/mol. The standard InChI is InChI=1S/C17H17FN4O3S/c1-24-10-8-22-16(14-7-4-9-25-14)20-21-17(22)26-11-15(23)19-13-6-3-2-5-12(13)18/h2-7,9H,8,10-11H2,1H3,(H,19,23). The molecule has 0 unspecified atom stereocenters. The van der Waals surface area contributed by atoms with Gasteiger partial charge in [-0.3, -0.25) is 9.36 Å². The maximum absolute atomic E-state index is 13.6. The van der Waals surface area contributed by atoms with E-state index < -0.39 is 5.82 Å². The maximum Gasteiger partial charge on any atom is 0.234 e. The van der Waals surface area contributed by atoms with Crippen molar-refractivity contribution in [3.63, 3.8) is 0 Å². The smallest absolute Gasteiger partial charge is 0.234 e. The number of nitrogens with zero attached hydrogens (tertiary/aromatic N) is 3. The number of halogens is 1. The molecule has 9 heteroatoms. The van der Waals surface area contributed by atoms with E-state index in [-0.39, 0.29) is 17.3 Å². The molecule has 0 saturated heterocycles. The SMILES string of the molecule is COCCn1c(SCC(=O)Nc2ccccc2F)nnc1-c1ccco1. The van der Waals surface area contributed by atoms with E-state index in [9.17, 15) is 9.18 Å². The number of methoxy groups -OCH3 is 1. The van der Waals surface area contributed by atoms with Crippen LogP contribution < -0.4 is 5.32 Å². The molecule has 3 aromatic rings. The summed E-state index contributed by atoms with van der Waals surface area (Å²) in [4.78, 5) is 12.1. The van der Waals surface area contributed by atoms with Crippen LogP contribution in [0.5, 0.6) is 0 Å². The number of aromatic nitrogens is 3. The number of anilines is 1. The number of furan rings is 1. The predicted octanol–water partition coefficient (Wildman–Crippen LogP) is 3.05. The zero-order valence-electron chi connectivity index (χ0n) is 14.0. The molecule has 0 saturated carbocycles. The Labute approximate surface area is 153 Å². The molecule has 3 rings (SSSR count). The number of rotatable bonds is 8. The molecule has 136 valence electrons. The number of carbonyl (C=O) groups is 1. The van der Waals surface area contributed by atoms with Gasteiger partial charge in [-0.25, -0.2) is 4.39 Å². The number of para-hydroxylation sites is 1. The van der Waals surface area contributed by atoms with E-state index in [1.54, 1.807) is 37.6 Å². The second kappa shape index (κ2) is 8.63. The molecule has 1 N–H and O–H groups in total. The number of thioether (sulfide) groups is 1. The molecule has 0 aliphatic heterocycles. The van der Waals surface area contributed by atoms with Gasteiger partial charge in [-0.2, -0.15) is 0 Å². The number of carbonyl (C=O) groups excluding carboxylic acids is 1. The lowest BCUT2D eigenvalue weighted by Gasteiger charge is -2.09. The summed E-state index contributed by atoms with van der Waals surface area (Å²) in [7, 11) is 1.60. The fourth-order valence-electron chi connectivity index (χ4n) is 2.25. The van der Waals surface area contributed by atoms with Crippen LogP contribution in [0.1, 0.15) is 0 Å². The lowest BCUT2D eigenvalue weighted by Crippen LogP contribution is -2.16. The van der Waals surface area contributed by atoms with E-state index in [2.05, 4.69) is 15.5 Å². The van der Waals surface area contributed by atoms with Crippen molar-refractivity contribution in [1.29, 1.82) is 0 Å². The van der Waals surface area contributed by atoms with Crippen molar-refractivity contribution in [2.75, 3.05) is 24.8 Å². The van der Waals surface area contributed by atoms with Gasteiger partial charge in [-0.1, -0.05) is 23.9 Å². The Bertz CT molecular complexity index is 867. The Morgan fingerprint density at radius 2 is 2.15 bits per heavy atom. The van der Waals surface area contributed by atoms with Crippen molar-refractivity contribution in [1.82, 2.24) is 14.8 Å². The third-order valence-corrected chi connectivity index (χ3v) is 4.42. The quantitative estimate of drug-likeness (QED) is 0.609. The Balaban J connectivity index is 1.69. The van der Waals surface area contributed by atoms with E-state index >= 15 is 0 Å². The maximum atomic E-state index is 13.6. The predicted molar refractivity (Wildman–Crippen MR) is 95.4 cm³/mol. The molecule has 26 heavy (non-hydrogen) atoms. The second-order valence-electron chi connectivity index (χ2n) is 5.24. The first-order valence-electron chi connectivity index (χ1n) is 7.82. The van der Waals surface area contributed by atoms with E-state index in [1.807, 2.05) is 4.57 Å². The first-order chi connectivity index (χ1) is 12.7. The summed E-state index contributed by atoms with van der Waals surface area (Å²) < 4.78 is 25.9. The molecule has 0 atom stereocenters. The van der Waals surface area contributed by atoms with Crippen LogP contribution in [0.2, 0.25) is 0 Å². The van der Waals surface area contributed by atoms with Crippen molar-refractivity contribution in [3.05, 3.63) is 48.5 Å². The normalized spacial score (nSPS) is 10.8. The fraction of sp³-hybridized carbons (Fsp3) is 0.235. The molecule has 1 amide bonds. The van der Waals surface area contributed by atoms with Crippen molar-refractivity contribution < 1.29 is 18.3 Å². The molecule has 2 heterocycles. The molecular formula is C17H17FN4O3S. The van der Waals surface area contributed by atoms with Gasteiger partial charge in [-0.05, 0) is 24.3 Å². The Kier molecular flexibility index (Phi) is 6.03. The third kappa shape index (κ3) is 4.30. The highest BCUT2D eigenvalue weighted by atomic mass is 32.2. The molecule has 2 aromatic heterocycles. The van der Waals surface area contributed by atoms with Crippen molar-refractivity contribution >= 4 is 23.4 Å². The van der Waals surface area contributed by atoms with Crippen LogP contribution in [0.15, 0.2) is 52.2 Å². The number of hydrogen-bond acceptors (Lipinski definition) is 6. The molecule has 0 radical (unpaired) electrons. The van der Waals surface area contributed by atoms with Gasteiger partial charge in [0.2, 0.25) is 11.7 Å². The van der Waals surface area contributed by atoms with Gasteiger partial charge >= 0.3 is 0 Å². The van der Waals surface area contributed by atoms with Gasteiger partial charge in [-0.15, -0.1) is 10.2 Å². The van der Waals surface area contributed by atoms with Gasteiger partial charge in [0, 0.05) is 7.11 Å². The summed E-state index contributed by atoms with van der Waals surface area (Å²) in [6.45, 7) is 0.970. The lowest BCUT2D eigenvalue weighted by molar-refractivity contribution is -0.113. The van der Waals surface area contributed by atoms with Gasteiger partial charge in [0.05, 0.1) is 30.9 Å². The fourth-order valence-corrected chi connectivity index (χ4v) is 3.01. The molecule has 0 bridgehead atoms. The highest BCUT2D eigenvalue weighted by Gasteiger charge is 2.17. The molecule has 0 aliphatic carbocycles. The Morgan fingerprint density at radius 3 is 2.88 bits per heavy atom. The minimum atomic E-state index is -0.478. The average Bonchev–Trinajstić information content (AvgIpc) is 3.29. The summed E-state index contributed by atoms with van der Waals surface area (Å²) in [5, 5.41) is 11.4. The highest BCUT2D eigenvalue weighted by molar-refractivity contribution is 7.99. The van der Waals surface area contributed by atoms with Crippen LogP contribution in [0, 0.1) is 5.82 Å². The van der Waals surface area contributed by atoms with Crippen LogP contribution in [0.25, 0.3) is 11.6 Å². The van der Waals surface area contributed by atoms with Crippen LogP contribution in [0.3, 0.4) is 0 Å². The number of nitrogens with one attached hydrogen (secondary N) is 1. The molecule has 0 spiro atoms.